The smallest absolute Gasteiger partial charge is 0.277 e. The summed E-state index contributed by atoms with van der Waals surface area (Å²) in [5.41, 5.74) is -1.24. The molecule has 0 aliphatic rings. The predicted octanol–water partition coefficient (Wildman–Crippen LogP) is 1.32. The van der Waals surface area contributed by atoms with Crippen LogP contribution in [0.3, 0.4) is 0 Å². The van der Waals surface area contributed by atoms with Crippen molar-refractivity contribution in [2.24, 2.45) is 0 Å². The van der Waals surface area contributed by atoms with E-state index in [1.807, 2.05) is 0 Å². The Bertz CT molecular complexity index is 1000. The molecule has 1 aromatic carbocycles. The molecule has 2 N–H and O–H groups in total. The Morgan fingerprint density at radius 1 is 1.03 bits per heavy atom. The summed E-state index contributed by atoms with van der Waals surface area (Å²) < 4.78 is 1.55. The van der Waals surface area contributed by atoms with Gasteiger partial charge in [0.1, 0.15) is 5.82 Å². The molecule has 3 rings (SSSR count). The number of rotatable bonds is 8. The molecule has 0 fully saturated rings. The number of anilines is 1. The molecule has 0 unspecified atom stereocenters. The molecule has 0 saturated carbocycles. The number of nitrogens with one attached hydrogen (secondary N) is 2. The van der Waals surface area contributed by atoms with E-state index in [2.05, 4.69) is 25.9 Å². The minimum Gasteiger partial charge on any atom is -0.367 e. The largest absolute Gasteiger partial charge is 0.367 e. The maximum Gasteiger partial charge on any atom is 0.277 e. The van der Waals surface area contributed by atoms with Crippen LogP contribution in [-0.2, 0) is 0 Å². The normalized spacial score (nSPS) is 10.3. The van der Waals surface area contributed by atoms with Crippen LogP contribution in [0.4, 0.5) is 17.2 Å². The molecular formula is C16H14N8O5. The second-order valence-electron chi connectivity index (χ2n) is 5.66. The van der Waals surface area contributed by atoms with E-state index >= 15 is 0 Å². The standard InChI is InChI=1S/C16H14N8O5/c25-16(11-8-12(23(26)27)10-13(9-11)24(28)29)18-6-5-17-14-2-3-15(21-20-14)22-7-1-4-19-22/h1-4,7-10H,5-6H2,(H,17,20)(H,18,25). The Balaban J connectivity index is 1.55. The molecule has 0 radical (unpaired) electrons. The van der Waals surface area contributed by atoms with E-state index in [1.54, 1.807) is 35.3 Å². The average molecular weight is 398 g/mol. The summed E-state index contributed by atoms with van der Waals surface area (Å²) in [5, 5.41) is 39.3. The van der Waals surface area contributed by atoms with Gasteiger partial charge >= 0.3 is 0 Å². The van der Waals surface area contributed by atoms with E-state index in [1.165, 1.54) is 0 Å². The maximum absolute atomic E-state index is 12.2. The first-order valence-electron chi connectivity index (χ1n) is 8.24. The molecule has 0 atom stereocenters. The minimum absolute atomic E-state index is 0.151. The zero-order valence-electron chi connectivity index (χ0n) is 14.8. The highest BCUT2D eigenvalue weighted by Gasteiger charge is 2.19. The van der Waals surface area contributed by atoms with Crippen molar-refractivity contribution in [2.75, 3.05) is 18.4 Å². The lowest BCUT2D eigenvalue weighted by atomic mass is 10.1. The molecule has 0 aliphatic carbocycles. The molecule has 148 valence electrons. The zero-order valence-corrected chi connectivity index (χ0v) is 14.8. The third-order valence-electron chi connectivity index (χ3n) is 3.69. The van der Waals surface area contributed by atoms with Gasteiger partial charge in [-0.25, -0.2) is 4.68 Å². The number of nitro benzene ring substituents is 2. The molecule has 3 aromatic rings. The lowest BCUT2D eigenvalue weighted by Crippen LogP contribution is -2.29. The molecule has 2 aromatic heterocycles. The summed E-state index contributed by atoms with van der Waals surface area (Å²) in [7, 11) is 0. The molecule has 0 saturated heterocycles. The molecule has 0 spiro atoms. The van der Waals surface area contributed by atoms with Gasteiger partial charge in [0.15, 0.2) is 5.82 Å². The number of carbonyl (C=O) groups is 1. The molecule has 29 heavy (non-hydrogen) atoms. The monoisotopic (exact) mass is 398 g/mol. The lowest BCUT2D eigenvalue weighted by molar-refractivity contribution is -0.394. The number of non-ortho nitro benzene ring substituents is 2. The fourth-order valence-corrected chi connectivity index (χ4v) is 2.35. The molecule has 0 aliphatic heterocycles. The Kier molecular flexibility index (Phi) is 5.68. The van der Waals surface area contributed by atoms with Crippen molar-refractivity contribution in [2.45, 2.75) is 0 Å². The van der Waals surface area contributed by atoms with Crippen LogP contribution in [0.5, 0.6) is 0 Å². The van der Waals surface area contributed by atoms with E-state index < -0.39 is 27.1 Å². The highest BCUT2D eigenvalue weighted by molar-refractivity contribution is 5.95. The number of aromatic nitrogens is 4. The van der Waals surface area contributed by atoms with E-state index in [-0.39, 0.29) is 12.1 Å². The van der Waals surface area contributed by atoms with Crippen molar-refractivity contribution >= 4 is 23.1 Å². The summed E-state index contributed by atoms with van der Waals surface area (Å²) >= 11 is 0. The van der Waals surface area contributed by atoms with Crippen LogP contribution in [0.15, 0.2) is 48.8 Å². The highest BCUT2D eigenvalue weighted by atomic mass is 16.6. The van der Waals surface area contributed by atoms with Gasteiger partial charge in [0.25, 0.3) is 17.3 Å². The van der Waals surface area contributed by atoms with Crippen molar-refractivity contribution in [3.8, 4) is 5.82 Å². The third-order valence-corrected chi connectivity index (χ3v) is 3.69. The van der Waals surface area contributed by atoms with Crippen LogP contribution in [0, 0.1) is 20.2 Å². The van der Waals surface area contributed by atoms with E-state index in [0.29, 0.717) is 18.2 Å². The summed E-state index contributed by atoms with van der Waals surface area (Å²) in [6.07, 6.45) is 3.34. The first kappa shape index (κ1) is 19.3. The number of amides is 1. The summed E-state index contributed by atoms with van der Waals surface area (Å²) in [5.74, 6) is 0.348. The Hall–Kier alpha value is -4.42. The van der Waals surface area contributed by atoms with Crippen molar-refractivity contribution < 1.29 is 14.6 Å². The fraction of sp³-hybridized carbons (Fsp3) is 0.125. The maximum atomic E-state index is 12.2. The van der Waals surface area contributed by atoms with Gasteiger partial charge in [-0.15, -0.1) is 10.2 Å². The average Bonchev–Trinajstić information content (AvgIpc) is 3.26. The first-order chi connectivity index (χ1) is 13.9. The van der Waals surface area contributed by atoms with Gasteiger partial charge in [0.2, 0.25) is 0 Å². The second-order valence-corrected chi connectivity index (χ2v) is 5.66. The molecule has 13 heteroatoms. The Morgan fingerprint density at radius 2 is 1.76 bits per heavy atom. The molecule has 13 nitrogen and oxygen atoms in total. The van der Waals surface area contributed by atoms with Gasteiger partial charge in [0.05, 0.1) is 21.5 Å². The van der Waals surface area contributed by atoms with Crippen LogP contribution in [0.1, 0.15) is 10.4 Å². The second kappa shape index (κ2) is 8.51. The number of benzene rings is 1. The van der Waals surface area contributed by atoms with Gasteiger partial charge in [-0.3, -0.25) is 25.0 Å². The van der Waals surface area contributed by atoms with E-state index in [0.717, 1.165) is 18.2 Å². The Labute approximate surface area is 162 Å². The molecule has 0 bridgehead atoms. The number of nitro groups is 2. The number of hydrogen-bond donors (Lipinski definition) is 2. The van der Waals surface area contributed by atoms with Crippen LogP contribution >= 0.6 is 0 Å². The van der Waals surface area contributed by atoms with Crippen molar-refractivity contribution in [1.82, 2.24) is 25.3 Å². The first-order valence-corrected chi connectivity index (χ1v) is 8.24. The number of carbonyl (C=O) groups excluding carboxylic acids is 1. The van der Waals surface area contributed by atoms with Gasteiger partial charge < -0.3 is 10.6 Å². The highest BCUT2D eigenvalue weighted by Crippen LogP contribution is 2.22. The SMILES string of the molecule is O=C(NCCNc1ccc(-n2cccn2)nn1)c1cc([N+](=O)[O-])cc([N+](=O)[O-])c1. The minimum atomic E-state index is -0.795. The zero-order chi connectivity index (χ0) is 20.8. The summed E-state index contributed by atoms with van der Waals surface area (Å²) in [6.45, 7) is 0.441. The van der Waals surface area contributed by atoms with Crippen LogP contribution < -0.4 is 10.6 Å². The van der Waals surface area contributed by atoms with Gasteiger partial charge in [-0.1, -0.05) is 0 Å². The lowest BCUT2D eigenvalue weighted by Gasteiger charge is -2.08. The van der Waals surface area contributed by atoms with Gasteiger partial charge in [-0.05, 0) is 18.2 Å². The quantitative estimate of drug-likeness (QED) is 0.322. The number of hydrogen-bond acceptors (Lipinski definition) is 9. The van der Waals surface area contributed by atoms with E-state index in [9.17, 15) is 25.0 Å². The third kappa shape index (κ3) is 4.85. The fourth-order valence-electron chi connectivity index (χ4n) is 2.35. The molecular weight excluding hydrogens is 384 g/mol. The van der Waals surface area contributed by atoms with Crippen molar-refractivity contribution in [3.05, 3.63) is 74.6 Å². The summed E-state index contributed by atoms with van der Waals surface area (Å²) in [4.78, 5) is 32.4. The van der Waals surface area contributed by atoms with Crippen LogP contribution in [0.25, 0.3) is 5.82 Å². The predicted molar refractivity (Wildman–Crippen MR) is 99.7 cm³/mol. The molecule has 2 heterocycles. The van der Waals surface area contributed by atoms with Crippen molar-refractivity contribution in [1.29, 1.82) is 0 Å². The molecule has 1 amide bonds. The topological polar surface area (TPSA) is 171 Å². The van der Waals surface area contributed by atoms with E-state index in [4.69, 9.17) is 0 Å². The van der Waals surface area contributed by atoms with Crippen LogP contribution in [-0.4, -0.2) is 48.8 Å². The van der Waals surface area contributed by atoms with Crippen molar-refractivity contribution in [3.63, 3.8) is 0 Å². The van der Waals surface area contributed by atoms with Crippen LogP contribution in [0.2, 0.25) is 0 Å². The van der Waals surface area contributed by atoms with Gasteiger partial charge in [-0.2, -0.15) is 5.10 Å². The summed E-state index contributed by atoms with van der Waals surface area (Å²) in [6, 6.07) is 7.92. The Morgan fingerprint density at radius 3 is 2.31 bits per heavy atom. The van der Waals surface area contributed by atoms with Gasteiger partial charge in [0, 0.05) is 37.6 Å². The number of nitrogens with zero attached hydrogens (tertiary/aromatic N) is 6.